The molecular formula is C14H20N2O2. The number of hydrogen-bond acceptors (Lipinski definition) is 3. The summed E-state index contributed by atoms with van der Waals surface area (Å²) < 4.78 is 0. The molecular weight excluding hydrogens is 228 g/mol. The molecule has 0 saturated carbocycles. The molecule has 1 unspecified atom stereocenters. The standard InChI is InChI=1S/C14H20N2O2/c15-14(18)13-3-1-11(2-4-13)9-16-7-5-12(10-16)6-8-17/h1-4,12,17H,5-10H2,(H2,15,18). The summed E-state index contributed by atoms with van der Waals surface area (Å²) in [5, 5.41) is 8.92. The molecule has 18 heavy (non-hydrogen) atoms. The Morgan fingerprint density at radius 1 is 1.39 bits per heavy atom. The summed E-state index contributed by atoms with van der Waals surface area (Å²) in [6, 6.07) is 7.47. The third-order valence-electron chi connectivity index (χ3n) is 3.55. The van der Waals surface area contributed by atoms with Gasteiger partial charge in [-0.1, -0.05) is 12.1 Å². The van der Waals surface area contributed by atoms with Gasteiger partial charge in [-0.2, -0.15) is 0 Å². The van der Waals surface area contributed by atoms with Crippen molar-refractivity contribution in [3.05, 3.63) is 35.4 Å². The maximum Gasteiger partial charge on any atom is 0.248 e. The average Bonchev–Trinajstić information content (AvgIpc) is 2.78. The number of benzene rings is 1. The molecule has 3 N–H and O–H groups in total. The summed E-state index contributed by atoms with van der Waals surface area (Å²) in [5.41, 5.74) is 6.96. The number of aliphatic hydroxyl groups is 1. The monoisotopic (exact) mass is 248 g/mol. The van der Waals surface area contributed by atoms with E-state index in [-0.39, 0.29) is 12.5 Å². The summed E-state index contributed by atoms with van der Waals surface area (Å²) in [5.74, 6) is 0.241. The van der Waals surface area contributed by atoms with E-state index in [0.717, 1.165) is 26.1 Å². The van der Waals surface area contributed by atoms with Gasteiger partial charge in [0.15, 0.2) is 0 Å². The van der Waals surface area contributed by atoms with E-state index in [1.807, 2.05) is 12.1 Å². The molecule has 0 aromatic heterocycles. The molecule has 1 atom stereocenters. The molecule has 1 saturated heterocycles. The zero-order chi connectivity index (χ0) is 13.0. The lowest BCUT2D eigenvalue weighted by Crippen LogP contribution is -2.20. The highest BCUT2D eigenvalue weighted by Gasteiger charge is 2.21. The minimum atomic E-state index is -0.384. The first-order valence-electron chi connectivity index (χ1n) is 6.41. The number of hydrogen-bond donors (Lipinski definition) is 2. The number of nitrogens with two attached hydrogens (primary N) is 1. The van der Waals surface area contributed by atoms with Crippen LogP contribution in [-0.4, -0.2) is 35.6 Å². The van der Waals surface area contributed by atoms with Gasteiger partial charge < -0.3 is 10.8 Å². The quantitative estimate of drug-likeness (QED) is 0.816. The molecule has 2 rings (SSSR count). The van der Waals surface area contributed by atoms with Crippen molar-refractivity contribution < 1.29 is 9.90 Å². The molecule has 1 amide bonds. The lowest BCUT2D eigenvalue weighted by atomic mass is 10.1. The van der Waals surface area contributed by atoms with Crippen LogP contribution in [0.3, 0.4) is 0 Å². The van der Waals surface area contributed by atoms with Gasteiger partial charge in [-0.3, -0.25) is 9.69 Å². The zero-order valence-electron chi connectivity index (χ0n) is 10.5. The van der Waals surface area contributed by atoms with Crippen molar-refractivity contribution in [3.63, 3.8) is 0 Å². The van der Waals surface area contributed by atoms with Gasteiger partial charge in [0.25, 0.3) is 0 Å². The Morgan fingerprint density at radius 3 is 2.72 bits per heavy atom. The zero-order valence-corrected chi connectivity index (χ0v) is 10.5. The van der Waals surface area contributed by atoms with E-state index in [4.69, 9.17) is 10.8 Å². The first-order chi connectivity index (χ1) is 8.69. The fraction of sp³-hybridized carbons (Fsp3) is 0.500. The van der Waals surface area contributed by atoms with E-state index in [0.29, 0.717) is 11.5 Å². The Bertz CT molecular complexity index is 403. The van der Waals surface area contributed by atoms with E-state index < -0.39 is 0 Å². The second-order valence-electron chi connectivity index (χ2n) is 4.96. The third-order valence-corrected chi connectivity index (χ3v) is 3.55. The minimum absolute atomic E-state index is 0.284. The molecule has 0 spiro atoms. The summed E-state index contributed by atoms with van der Waals surface area (Å²) >= 11 is 0. The third kappa shape index (κ3) is 3.31. The van der Waals surface area contributed by atoms with Crippen molar-refractivity contribution in [2.75, 3.05) is 19.7 Å². The predicted molar refractivity (Wildman–Crippen MR) is 70.0 cm³/mol. The van der Waals surface area contributed by atoms with Crippen LogP contribution in [0, 0.1) is 5.92 Å². The lowest BCUT2D eigenvalue weighted by molar-refractivity contribution is 0.100. The molecule has 1 aromatic carbocycles. The Morgan fingerprint density at radius 2 is 2.11 bits per heavy atom. The summed E-state index contributed by atoms with van der Waals surface area (Å²) in [6.07, 6.45) is 2.07. The van der Waals surface area contributed by atoms with E-state index in [1.165, 1.54) is 12.0 Å². The normalized spacial score (nSPS) is 20.2. The highest BCUT2D eigenvalue weighted by atomic mass is 16.3. The molecule has 1 aliphatic heterocycles. The summed E-state index contributed by atoms with van der Waals surface area (Å²) in [7, 11) is 0. The predicted octanol–water partition coefficient (Wildman–Crippen LogP) is 0.990. The van der Waals surface area contributed by atoms with Crippen LogP contribution < -0.4 is 5.73 Å². The molecule has 1 fully saturated rings. The van der Waals surface area contributed by atoms with Crippen LogP contribution in [0.1, 0.15) is 28.8 Å². The van der Waals surface area contributed by atoms with Gasteiger partial charge in [-0.05, 0) is 43.0 Å². The topological polar surface area (TPSA) is 66.6 Å². The van der Waals surface area contributed by atoms with Crippen LogP contribution >= 0.6 is 0 Å². The first kappa shape index (κ1) is 13.1. The number of nitrogens with zero attached hydrogens (tertiary/aromatic N) is 1. The highest BCUT2D eigenvalue weighted by molar-refractivity contribution is 5.92. The number of amides is 1. The van der Waals surface area contributed by atoms with Gasteiger partial charge in [0.2, 0.25) is 5.91 Å². The maximum absolute atomic E-state index is 11.0. The Hall–Kier alpha value is -1.39. The Labute approximate surface area is 107 Å². The van der Waals surface area contributed by atoms with E-state index in [2.05, 4.69) is 4.90 Å². The van der Waals surface area contributed by atoms with Gasteiger partial charge >= 0.3 is 0 Å². The van der Waals surface area contributed by atoms with Crippen LogP contribution in [0.15, 0.2) is 24.3 Å². The van der Waals surface area contributed by atoms with Crippen molar-refractivity contribution in [3.8, 4) is 0 Å². The van der Waals surface area contributed by atoms with E-state index in [1.54, 1.807) is 12.1 Å². The maximum atomic E-state index is 11.0. The van der Waals surface area contributed by atoms with Crippen LogP contribution in [0.2, 0.25) is 0 Å². The van der Waals surface area contributed by atoms with E-state index in [9.17, 15) is 4.79 Å². The molecule has 0 aliphatic carbocycles. The lowest BCUT2D eigenvalue weighted by Gasteiger charge is -2.16. The largest absolute Gasteiger partial charge is 0.396 e. The Balaban J connectivity index is 1.88. The van der Waals surface area contributed by atoms with Gasteiger partial charge in [-0.15, -0.1) is 0 Å². The number of aliphatic hydroxyl groups excluding tert-OH is 1. The Kier molecular flexibility index (Phi) is 4.33. The van der Waals surface area contributed by atoms with Crippen molar-refractivity contribution in [2.45, 2.75) is 19.4 Å². The molecule has 98 valence electrons. The van der Waals surface area contributed by atoms with Crippen LogP contribution in [0.4, 0.5) is 0 Å². The van der Waals surface area contributed by atoms with Gasteiger partial charge in [-0.25, -0.2) is 0 Å². The second-order valence-corrected chi connectivity index (χ2v) is 4.96. The molecule has 4 nitrogen and oxygen atoms in total. The number of carbonyl (C=O) groups excluding carboxylic acids is 1. The number of carbonyl (C=O) groups is 1. The van der Waals surface area contributed by atoms with Crippen molar-refractivity contribution in [1.82, 2.24) is 4.90 Å². The van der Waals surface area contributed by atoms with Crippen LogP contribution in [-0.2, 0) is 6.54 Å². The summed E-state index contributed by atoms with van der Waals surface area (Å²) in [4.78, 5) is 13.3. The molecule has 1 aliphatic rings. The fourth-order valence-corrected chi connectivity index (χ4v) is 2.51. The molecule has 1 aromatic rings. The number of rotatable bonds is 5. The smallest absolute Gasteiger partial charge is 0.248 e. The van der Waals surface area contributed by atoms with Crippen LogP contribution in [0.25, 0.3) is 0 Å². The highest BCUT2D eigenvalue weighted by Crippen LogP contribution is 2.21. The minimum Gasteiger partial charge on any atom is -0.396 e. The first-order valence-corrected chi connectivity index (χ1v) is 6.41. The number of likely N-dealkylation sites (tertiary alicyclic amines) is 1. The molecule has 1 heterocycles. The second kappa shape index (κ2) is 5.98. The molecule has 4 heteroatoms. The van der Waals surface area contributed by atoms with Crippen molar-refractivity contribution >= 4 is 5.91 Å². The van der Waals surface area contributed by atoms with E-state index >= 15 is 0 Å². The summed E-state index contributed by atoms with van der Waals surface area (Å²) in [6.45, 7) is 3.33. The fourth-order valence-electron chi connectivity index (χ4n) is 2.51. The SMILES string of the molecule is NC(=O)c1ccc(CN2CCC(CCO)C2)cc1. The van der Waals surface area contributed by atoms with Gasteiger partial charge in [0.05, 0.1) is 0 Å². The van der Waals surface area contributed by atoms with Crippen LogP contribution in [0.5, 0.6) is 0 Å². The number of primary amides is 1. The molecule has 0 radical (unpaired) electrons. The molecule has 0 bridgehead atoms. The van der Waals surface area contributed by atoms with Crippen molar-refractivity contribution in [2.24, 2.45) is 11.7 Å². The van der Waals surface area contributed by atoms with Gasteiger partial charge in [0, 0.05) is 25.3 Å². The average molecular weight is 248 g/mol. The van der Waals surface area contributed by atoms with Gasteiger partial charge in [0.1, 0.15) is 0 Å². The van der Waals surface area contributed by atoms with Crippen molar-refractivity contribution in [1.29, 1.82) is 0 Å².